The summed E-state index contributed by atoms with van der Waals surface area (Å²) in [5.41, 5.74) is 6.49. The average molecular weight is 496 g/mol. The second-order valence-electron chi connectivity index (χ2n) is 8.89. The maximum Gasteiger partial charge on any atom is 0.294 e. The zero-order chi connectivity index (χ0) is 25.9. The minimum Gasteiger partial charge on any atom is -0.289 e. The van der Waals surface area contributed by atoms with Crippen molar-refractivity contribution in [2.45, 2.75) is 31.6 Å². The van der Waals surface area contributed by atoms with E-state index in [1.165, 1.54) is 12.1 Å². The average Bonchev–Trinajstić information content (AvgIpc) is 2.84. The number of carbonyl (C=O) groups is 1. The van der Waals surface area contributed by atoms with Gasteiger partial charge in [0.2, 0.25) is 0 Å². The number of ketones is 1. The topological polar surface area (TPSA) is 95.2 Å². The molecule has 0 heterocycles. The summed E-state index contributed by atoms with van der Waals surface area (Å²) in [6.07, 6.45) is 0.809. The first kappa shape index (κ1) is 25.1. The van der Waals surface area contributed by atoms with Crippen LogP contribution in [0.5, 0.6) is 0 Å². The van der Waals surface area contributed by atoms with Gasteiger partial charge in [0, 0.05) is 11.1 Å². The largest absolute Gasteiger partial charge is 0.294 e. The molecule has 5 nitrogen and oxygen atoms in total. The Balaban J connectivity index is 1.78. The number of nitriles is 1. The molecular weight excluding hydrogens is 470 g/mol. The zero-order valence-corrected chi connectivity index (χ0v) is 20.8. The molecule has 0 fully saturated rings. The van der Waals surface area contributed by atoms with Crippen molar-refractivity contribution in [2.24, 2.45) is 0 Å². The predicted molar refractivity (Wildman–Crippen MR) is 139 cm³/mol. The molecular formula is C30H25NO4S. The van der Waals surface area contributed by atoms with Crippen LogP contribution in [-0.4, -0.2) is 18.8 Å². The van der Waals surface area contributed by atoms with E-state index in [9.17, 15) is 23.0 Å². The molecule has 0 aliphatic carbocycles. The van der Waals surface area contributed by atoms with Crippen molar-refractivity contribution in [3.05, 3.63) is 135 Å². The van der Waals surface area contributed by atoms with Gasteiger partial charge in [0.25, 0.3) is 10.1 Å². The van der Waals surface area contributed by atoms with Crippen LogP contribution >= 0.6 is 0 Å². The number of nitrogens with zero attached hydrogens (tertiary/aromatic N) is 1. The van der Waals surface area contributed by atoms with Crippen LogP contribution in [0.2, 0.25) is 0 Å². The molecule has 180 valence electrons. The van der Waals surface area contributed by atoms with Gasteiger partial charge >= 0.3 is 0 Å². The molecule has 4 rings (SSSR count). The fourth-order valence-corrected chi connectivity index (χ4v) is 5.03. The Morgan fingerprint density at radius 3 is 2.28 bits per heavy atom. The predicted octanol–water partition coefficient (Wildman–Crippen LogP) is 5.83. The summed E-state index contributed by atoms with van der Waals surface area (Å²) in [5, 5.41) is 9.67. The van der Waals surface area contributed by atoms with Gasteiger partial charge in [-0.15, -0.1) is 0 Å². The van der Waals surface area contributed by atoms with Gasteiger partial charge < -0.3 is 0 Å². The molecule has 0 bridgehead atoms. The summed E-state index contributed by atoms with van der Waals surface area (Å²) < 4.78 is 32.8. The highest BCUT2D eigenvalue weighted by atomic mass is 32.2. The molecule has 4 aromatic carbocycles. The minimum atomic E-state index is -4.33. The molecule has 36 heavy (non-hydrogen) atoms. The van der Waals surface area contributed by atoms with E-state index in [1.807, 2.05) is 67.6 Å². The molecule has 0 spiro atoms. The third kappa shape index (κ3) is 5.60. The van der Waals surface area contributed by atoms with Crippen molar-refractivity contribution >= 4 is 15.9 Å². The summed E-state index contributed by atoms with van der Waals surface area (Å²) in [6.45, 7) is 3.66. The highest BCUT2D eigenvalue weighted by molar-refractivity contribution is 7.85. The molecule has 0 aromatic heterocycles. The molecule has 1 N–H and O–H groups in total. The second-order valence-corrected chi connectivity index (χ2v) is 10.3. The summed E-state index contributed by atoms with van der Waals surface area (Å²) in [5.74, 6) is -0.124. The molecule has 0 radical (unpaired) electrons. The van der Waals surface area contributed by atoms with Crippen molar-refractivity contribution in [3.63, 3.8) is 0 Å². The summed E-state index contributed by atoms with van der Waals surface area (Å²) in [4.78, 5) is 13.4. The van der Waals surface area contributed by atoms with Gasteiger partial charge in [0.05, 0.1) is 16.5 Å². The molecule has 0 atom stereocenters. The number of hydrogen-bond acceptors (Lipinski definition) is 4. The Kier molecular flexibility index (Phi) is 7.16. The first-order valence-electron chi connectivity index (χ1n) is 11.4. The Morgan fingerprint density at radius 1 is 0.833 bits per heavy atom. The number of carbonyl (C=O) groups excluding carboxylic acids is 1. The maximum atomic E-state index is 13.5. The second kappa shape index (κ2) is 10.3. The molecule has 0 saturated heterocycles. The third-order valence-corrected chi connectivity index (χ3v) is 6.95. The van der Waals surface area contributed by atoms with Crippen molar-refractivity contribution < 1.29 is 17.8 Å². The number of hydrogen-bond donors (Lipinski definition) is 1. The maximum absolute atomic E-state index is 13.5. The van der Waals surface area contributed by atoms with Crippen LogP contribution in [0.25, 0.3) is 0 Å². The normalized spacial score (nSPS) is 11.2. The summed E-state index contributed by atoms with van der Waals surface area (Å²) >= 11 is 0. The number of aryl methyl sites for hydroxylation is 2. The van der Waals surface area contributed by atoms with Crippen LogP contribution in [-0.2, 0) is 23.0 Å². The number of rotatable bonds is 7. The fraction of sp³-hybridized carbons (Fsp3) is 0.133. The minimum absolute atomic E-state index is 0.124. The number of benzene rings is 4. The summed E-state index contributed by atoms with van der Waals surface area (Å²) in [6, 6.07) is 27.4. The molecule has 0 amide bonds. The van der Waals surface area contributed by atoms with Gasteiger partial charge in [0.15, 0.2) is 5.78 Å². The van der Waals surface area contributed by atoms with E-state index in [1.54, 1.807) is 19.1 Å². The van der Waals surface area contributed by atoms with E-state index >= 15 is 0 Å². The van der Waals surface area contributed by atoms with Crippen LogP contribution in [0, 0.1) is 25.2 Å². The Bertz CT molecular complexity index is 1600. The lowest BCUT2D eigenvalue weighted by Crippen LogP contribution is -2.08. The molecule has 0 aliphatic heterocycles. The van der Waals surface area contributed by atoms with E-state index in [0.29, 0.717) is 40.7 Å². The van der Waals surface area contributed by atoms with E-state index in [-0.39, 0.29) is 10.7 Å². The van der Waals surface area contributed by atoms with Crippen molar-refractivity contribution in [1.82, 2.24) is 0 Å². The quantitative estimate of drug-likeness (QED) is 0.257. The first-order valence-corrected chi connectivity index (χ1v) is 12.9. The van der Waals surface area contributed by atoms with Gasteiger partial charge in [-0.05, 0) is 78.3 Å². The van der Waals surface area contributed by atoms with Crippen LogP contribution in [0.3, 0.4) is 0 Å². The molecule has 0 unspecified atom stereocenters. The zero-order valence-electron chi connectivity index (χ0n) is 20.0. The van der Waals surface area contributed by atoms with Gasteiger partial charge in [-0.25, -0.2) is 0 Å². The lowest BCUT2D eigenvalue weighted by atomic mass is 9.89. The van der Waals surface area contributed by atoms with Gasteiger partial charge in [-0.1, -0.05) is 66.7 Å². The Hall–Kier alpha value is -4.05. The summed E-state index contributed by atoms with van der Waals surface area (Å²) in [7, 11) is -4.33. The SMILES string of the molecule is Cc1cc(Cc2ccc(Cc3cccc(C)c3C#N)c(C(=O)c3ccccc3)c2)cc(S(=O)(=O)O)c1. The van der Waals surface area contributed by atoms with Crippen LogP contribution in [0.4, 0.5) is 0 Å². The molecule has 4 aromatic rings. The Morgan fingerprint density at radius 2 is 1.58 bits per heavy atom. The van der Waals surface area contributed by atoms with Gasteiger partial charge in [0.1, 0.15) is 0 Å². The molecule has 6 heteroatoms. The third-order valence-electron chi connectivity index (χ3n) is 6.12. The van der Waals surface area contributed by atoms with Crippen molar-refractivity contribution in [3.8, 4) is 6.07 Å². The van der Waals surface area contributed by atoms with E-state index in [4.69, 9.17) is 0 Å². The Labute approximate surface area is 211 Å². The highest BCUT2D eigenvalue weighted by Crippen LogP contribution is 2.25. The molecule has 0 aliphatic rings. The standard InChI is InChI=1S/C30H25NO4S/c1-20-13-23(16-27(14-20)36(33,34)35)15-22-11-12-26(18-25-10-6-7-21(2)29(25)19-31)28(17-22)30(32)24-8-4-3-5-9-24/h3-14,16-17H,15,18H2,1-2H3,(H,33,34,35). The van der Waals surface area contributed by atoms with Crippen LogP contribution < -0.4 is 0 Å². The lowest BCUT2D eigenvalue weighted by molar-refractivity contribution is 0.103. The fourth-order valence-electron chi connectivity index (χ4n) is 4.40. The van der Waals surface area contributed by atoms with Crippen LogP contribution in [0.15, 0.2) is 89.8 Å². The van der Waals surface area contributed by atoms with Crippen LogP contribution in [0.1, 0.15) is 54.9 Å². The highest BCUT2D eigenvalue weighted by Gasteiger charge is 2.17. The monoisotopic (exact) mass is 495 g/mol. The van der Waals surface area contributed by atoms with Gasteiger partial charge in [-0.3, -0.25) is 9.35 Å². The smallest absolute Gasteiger partial charge is 0.289 e. The van der Waals surface area contributed by atoms with E-state index in [2.05, 4.69) is 6.07 Å². The van der Waals surface area contributed by atoms with E-state index in [0.717, 1.165) is 22.3 Å². The van der Waals surface area contributed by atoms with Crippen molar-refractivity contribution in [1.29, 1.82) is 5.26 Å². The van der Waals surface area contributed by atoms with Gasteiger partial charge in [-0.2, -0.15) is 13.7 Å². The van der Waals surface area contributed by atoms with Crippen molar-refractivity contribution in [2.75, 3.05) is 0 Å². The lowest BCUT2D eigenvalue weighted by Gasteiger charge is -2.14. The molecule has 0 saturated carbocycles. The first-order chi connectivity index (χ1) is 17.2. The van der Waals surface area contributed by atoms with E-state index < -0.39 is 10.1 Å².